The molecule has 17 heavy (non-hydrogen) atoms. The summed E-state index contributed by atoms with van der Waals surface area (Å²) in [7, 11) is 2.83. The van der Waals surface area contributed by atoms with Crippen LogP contribution in [0.5, 0.6) is 0 Å². The summed E-state index contributed by atoms with van der Waals surface area (Å²) in [6.45, 7) is 1.56. The van der Waals surface area contributed by atoms with Crippen molar-refractivity contribution in [3.63, 3.8) is 0 Å². The number of esters is 1. The summed E-state index contributed by atoms with van der Waals surface area (Å²) < 4.78 is 4.81. The average Bonchev–Trinajstić information content (AvgIpc) is 2.62. The van der Waals surface area contributed by atoms with Crippen LogP contribution in [0.15, 0.2) is 0 Å². The standard InChI is InChI=1S/C11H18N2O4/c1-16-10(15)8-7-9(14)13(17-2)11(8)3-5-12-6-4-11/h8,12H,3-7H2,1-2H3/t8-/m1/s1. The molecule has 0 saturated carbocycles. The van der Waals surface area contributed by atoms with Crippen molar-refractivity contribution >= 4 is 11.9 Å². The lowest BCUT2D eigenvalue weighted by atomic mass is 9.78. The van der Waals surface area contributed by atoms with E-state index in [-0.39, 0.29) is 18.3 Å². The Morgan fingerprint density at radius 2 is 2.06 bits per heavy atom. The van der Waals surface area contributed by atoms with Crippen molar-refractivity contribution in [2.24, 2.45) is 5.92 Å². The van der Waals surface area contributed by atoms with Crippen LogP contribution < -0.4 is 5.32 Å². The predicted molar refractivity (Wildman–Crippen MR) is 58.8 cm³/mol. The molecule has 0 unspecified atom stereocenters. The number of carbonyl (C=O) groups is 2. The predicted octanol–water partition coefficient (Wildman–Crippen LogP) is -0.308. The molecule has 0 aromatic carbocycles. The van der Waals surface area contributed by atoms with Gasteiger partial charge in [-0.05, 0) is 25.9 Å². The lowest BCUT2D eigenvalue weighted by molar-refractivity contribution is -0.206. The van der Waals surface area contributed by atoms with Gasteiger partial charge in [-0.3, -0.25) is 14.4 Å². The van der Waals surface area contributed by atoms with Gasteiger partial charge < -0.3 is 10.1 Å². The molecule has 6 heteroatoms. The van der Waals surface area contributed by atoms with E-state index in [1.54, 1.807) is 0 Å². The third-order valence-electron chi connectivity index (χ3n) is 3.80. The second kappa shape index (κ2) is 4.62. The van der Waals surface area contributed by atoms with Crippen molar-refractivity contribution in [3.8, 4) is 0 Å². The second-order valence-corrected chi connectivity index (χ2v) is 4.50. The van der Waals surface area contributed by atoms with Gasteiger partial charge in [0.05, 0.1) is 25.7 Å². The number of nitrogens with one attached hydrogen (secondary N) is 1. The maximum Gasteiger partial charge on any atom is 0.311 e. The zero-order chi connectivity index (χ0) is 12.5. The van der Waals surface area contributed by atoms with E-state index >= 15 is 0 Å². The van der Waals surface area contributed by atoms with Crippen molar-refractivity contribution in [3.05, 3.63) is 0 Å². The highest BCUT2D eigenvalue weighted by molar-refractivity contribution is 5.88. The Kier molecular flexibility index (Phi) is 3.35. The van der Waals surface area contributed by atoms with Gasteiger partial charge in [0.15, 0.2) is 0 Å². The van der Waals surface area contributed by atoms with E-state index < -0.39 is 11.5 Å². The Morgan fingerprint density at radius 3 is 2.59 bits per heavy atom. The number of nitrogens with zero attached hydrogens (tertiary/aromatic N) is 1. The summed E-state index contributed by atoms with van der Waals surface area (Å²) in [4.78, 5) is 28.9. The van der Waals surface area contributed by atoms with Crippen molar-refractivity contribution in [1.82, 2.24) is 10.4 Å². The zero-order valence-electron chi connectivity index (χ0n) is 10.2. The van der Waals surface area contributed by atoms with Gasteiger partial charge in [0.25, 0.3) is 0 Å². The number of amides is 1. The summed E-state index contributed by atoms with van der Waals surface area (Å²) in [6.07, 6.45) is 1.61. The van der Waals surface area contributed by atoms with Gasteiger partial charge in [-0.25, -0.2) is 5.06 Å². The van der Waals surface area contributed by atoms with Gasteiger partial charge in [0, 0.05) is 6.42 Å². The Balaban J connectivity index is 2.32. The molecule has 0 aromatic rings. The van der Waals surface area contributed by atoms with Gasteiger partial charge in [0.2, 0.25) is 5.91 Å². The van der Waals surface area contributed by atoms with Crippen LogP contribution in [-0.4, -0.2) is 49.8 Å². The molecule has 2 aliphatic rings. The molecule has 1 spiro atoms. The monoisotopic (exact) mass is 242 g/mol. The first-order valence-electron chi connectivity index (χ1n) is 5.81. The summed E-state index contributed by atoms with van der Waals surface area (Å²) in [5.74, 6) is -0.869. The van der Waals surface area contributed by atoms with E-state index in [0.717, 1.165) is 13.1 Å². The van der Waals surface area contributed by atoms with Crippen LogP contribution in [0.4, 0.5) is 0 Å². The molecule has 2 aliphatic heterocycles. The van der Waals surface area contributed by atoms with E-state index in [0.29, 0.717) is 12.8 Å². The third kappa shape index (κ3) is 1.81. The molecule has 2 fully saturated rings. The highest BCUT2D eigenvalue weighted by Crippen LogP contribution is 2.42. The van der Waals surface area contributed by atoms with Gasteiger partial charge in [0.1, 0.15) is 0 Å². The number of carbonyl (C=O) groups excluding carboxylic acids is 2. The molecular formula is C11H18N2O4. The molecule has 0 aliphatic carbocycles. The molecule has 2 heterocycles. The van der Waals surface area contributed by atoms with E-state index in [2.05, 4.69) is 5.32 Å². The van der Waals surface area contributed by atoms with Crippen LogP contribution in [-0.2, 0) is 19.2 Å². The van der Waals surface area contributed by atoms with E-state index in [1.165, 1.54) is 19.3 Å². The number of hydrogen-bond donors (Lipinski definition) is 1. The van der Waals surface area contributed by atoms with Crippen LogP contribution in [0.3, 0.4) is 0 Å². The van der Waals surface area contributed by atoms with Gasteiger partial charge in [-0.15, -0.1) is 0 Å². The summed E-state index contributed by atoms with van der Waals surface area (Å²) >= 11 is 0. The zero-order valence-corrected chi connectivity index (χ0v) is 10.2. The van der Waals surface area contributed by atoms with Crippen molar-refractivity contribution in [1.29, 1.82) is 0 Å². The topological polar surface area (TPSA) is 67.9 Å². The van der Waals surface area contributed by atoms with Crippen LogP contribution in [0.25, 0.3) is 0 Å². The lowest BCUT2D eigenvalue weighted by Gasteiger charge is -2.42. The smallest absolute Gasteiger partial charge is 0.311 e. The molecule has 2 rings (SSSR count). The van der Waals surface area contributed by atoms with E-state index in [4.69, 9.17) is 9.57 Å². The lowest BCUT2D eigenvalue weighted by Crippen LogP contribution is -2.56. The van der Waals surface area contributed by atoms with Crippen molar-refractivity contribution in [2.75, 3.05) is 27.3 Å². The number of hydrogen-bond acceptors (Lipinski definition) is 5. The fourth-order valence-electron chi connectivity index (χ4n) is 2.98. The first-order chi connectivity index (χ1) is 8.15. The number of piperidine rings is 1. The third-order valence-corrected chi connectivity index (χ3v) is 3.80. The molecule has 6 nitrogen and oxygen atoms in total. The molecule has 96 valence electrons. The van der Waals surface area contributed by atoms with Crippen LogP contribution in [0, 0.1) is 5.92 Å². The molecule has 1 N–H and O–H groups in total. The van der Waals surface area contributed by atoms with Crippen LogP contribution in [0.1, 0.15) is 19.3 Å². The molecular weight excluding hydrogens is 224 g/mol. The largest absolute Gasteiger partial charge is 0.469 e. The maximum absolute atomic E-state index is 11.9. The minimum Gasteiger partial charge on any atom is -0.469 e. The molecule has 0 radical (unpaired) electrons. The number of ether oxygens (including phenoxy) is 1. The highest BCUT2D eigenvalue weighted by Gasteiger charge is 2.57. The molecule has 0 bridgehead atoms. The normalized spacial score (nSPS) is 27.5. The van der Waals surface area contributed by atoms with Crippen molar-refractivity contribution < 1.29 is 19.2 Å². The minimum atomic E-state index is -0.524. The van der Waals surface area contributed by atoms with Gasteiger partial charge >= 0.3 is 5.97 Å². The van der Waals surface area contributed by atoms with Gasteiger partial charge in [-0.1, -0.05) is 0 Å². The second-order valence-electron chi connectivity index (χ2n) is 4.50. The molecule has 1 atom stereocenters. The molecule has 2 saturated heterocycles. The summed E-state index contributed by atoms with van der Waals surface area (Å²) in [5.41, 5.74) is -0.524. The number of hydroxylamine groups is 2. The highest BCUT2D eigenvalue weighted by atomic mass is 16.7. The fourth-order valence-corrected chi connectivity index (χ4v) is 2.98. The van der Waals surface area contributed by atoms with Crippen LogP contribution >= 0.6 is 0 Å². The Labute approximate surface area is 100 Å². The quantitative estimate of drug-likeness (QED) is 0.673. The Morgan fingerprint density at radius 1 is 1.41 bits per heavy atom. The minimum absolute atomic E-state index is 0.134. The molecule has 0 aromatic heterocycles. The summed E-state index contributed by atoms with van der Waals surface area (Å²) in [6, 6.07) is 0. The average molecular weight is 242 g/mol. The molecule has 1 amide bonds. The Hall–Kier alpha value is -1.14. The number of methoxy groups -OCH3 is 1. The van der Waals surface area contributed by atoms with E-state index in [9.17, 15) is 9.59 Å². The first kappa shape index (κ1) is 12.3. The maximum atomic E-state index is 11.9. The SMILES string of the molecule is COC(=O)[C@H]1CC(=O)N(OC)C12CCNCC2. The van der Waals surface area contributed by atoms with Gasteiger partial charge in [-0.2, -0.15) is 0 Å². The first-order valence-corrected chi connectivity index (χ1v) is 5.81. The van der Waals surface area contributed by atoms with Crippen LogP contribution in [0.2, 0.25) is 0 Å². The summed E-state index contributed by atoms with van der Waals surface area (Å²) in [5, 5.41) is 4.61. The fraction of sp³-hybridized carbons (Fsp3) is 0.818. The van der Waals surface area contributed by atoms with Crippen molar-refractivity contribution in [2.45, 2.75) is 24.8 Å². The van der Waals surface area contributed by atoms with E-state index in [1.807, 2.05) is 0 Å². The number of rotatable bonds is 2. The Bertz CT molecular complexity index is 323.